The number of ketones is 3. The molecule has 0 fully saturated rings. The van der Waals surface area contributed by atoms with Crippen molar-refractivity contribution in [1.82, 2.24) is 0 Å². The van der Waals surface area contributed by atoms with Crippen LogP contribution in [-0.2, 0) is 33.5 Å². The second-order valence-corrected chi connectivity index (χ2v) is 4.00. The predicted molar refractivity (Wildman–Crippen MR) is 83.1 cm³/mol. The molecule has 9 nitrogen and oxygen atoms in total. The molecule has 10 heteroatoms. The molecule has 0 aromatic rings. The summed E-state index contributed by atoms with van der Waals surface area (Å²) < 4.78 is 4.20. The van der Waals surface area contributed by atoms with Crippen LogP contribution in [0, 0.1) is 0 Å². The fourth-order valence-corrected chi connectivity index (χ4v) is 0.701. The van der Waals surface area contributed by atoms with Crippen molar-refractivity contribution in [2.45, 2.75) is 40.0 Å². The minimum atomic E-state index is -1.06. The minimum absolute atomic E-state index is 0. The van der Waals surface area contributed by atoms with Crippen LogP contribution in [-0.4, -0.2) is 69.9 Å². The number of carboxylic acids is 2. The van der Waals surface area contributed by atoms with Crippen molar-refractivity contribution in [2.24, 2.45) is 0 Å². The zero-order valence-corrected chi connectivity index (χ0v) is 12.9. The minimum Gasteiger partial charge on any atom is -0.481 e. The van der Waals surface area contributed by atoms with Gasteiger partial charge in [0, 0.05) is 0 Å². The number of hydrogen-bond donors (Lipinski definition) is 2. The van der Waals surface area contributed by atoms with Crippen LogP contribution < -0.4 is 0 Å². The SMILES string of the molecule is CC(=O)CC(=O)O.CC(=O)CC(=O)O.COC(=O)CC(C)=O.[AlH3]. The van der Waals surface area contributed by atoms with Gasteiger partial charge < -0.3 is 14.9 Å². The largest absolute Gasteiger partial charge is 0.481 e. The molecule has 0 rings (SSSR count). The highest BCUT2D eigenvalue weighted by molar-refractivity contribution is 5.94. The van der Waals surface area contributed by atoms with E-state index in [4.69, 9.17) is 10.2 Å². The summed E-state index contributed by atoms with van der Waals surface area (Å²) in [5.74, 6) is -3.39. The number of methoxy groups -OCH3 is 1. The zero-order valence-electron chi connectivity index (χ0n) is 12.9. The van der Waals surface area contributed by atoms with E-state index >= 15 is 0 Å². The summed E-state index contributed by atoms with van der Waals surface area (Å²) >= 11 is 0. The Bertz CT molecular complexity index is 379. The molecule has 0 bridgehead atoms. The maximum Gasteiger partial charge on any atom is 0.313 e. The first kappa shape index (κ1) is 29.0. The normalized spacial score (nSPS) is 7.83. The number of Topliss-reactive ketones (excluding diaryl/α,β-unsaturated/α-hetero) is 3. The van der Waals surface area contributed by atoms with Gasteiger partial charge in [-0.05, 0) is 20.8 Å². The summed E-state index contributed by atoms with van der Waals surface area (Å²) in [6, 6.07) is 0. The van der Waals surface area contributed by atoms with E-state index in [0.29, 0.717) is 0 Å². The smallest absolute Gasteiger partial charge is 0.313 e. The molecular weight excluding hydrogens is 327 g/mol. The van der Waals surface area contributed by atoms with Gasteiger partial charge >= 0.3 is 17.9 Å². The van der Waals surface area contributed by atoms with Gasteiger partial charge in [-0.25, -0.2) is 0 Å². The van der Waals surface area contributed by atoms with E-state index in [0.717, 1.165) is 0 Å². The summed E-state index contributed by atoms with van der Waals surface area (Å²) in [6.07, 6.45) is -0.837. The highest BCUT2D eigenvalue weighted by Gasteiger charge is 2.01. The highest BCUT2D eigenvalue weighted by atomic mass is 27.0. The van der Waals surface area contributed by atoms with Crippen LogP contribution in [0.2, 0.25) is 0 Å². The lowest BCUT2D eigenvalue weighted by molar-refractivity contribution is -0.143. The molecule has 2 N–H and O–H groups in total. The van der Waals surface area contributed by atoms with E-state index < -0.39 is 17.9 Å². The highest BCUT2D eigenvalue weighted by Crippen LogP contribution is 1.83. The number of carboxylic acid groups (broad SMARTS) is 2. The van der Waals surface area contributed by atoms with Crippen molar-refractivity contribution in [2.75, 3.05) is 7.11 Å². The first-order valence-corrected chi connectivity index (χ1v) is 5.91. The maximum absolute atomic E-state index is 10.2. The van der Waals surface area contributed by atoms with Gasteiger partial charge in [-0.15, -0.1) is 0 Å². The number of ether oxygens (including phenoxy) is 1. The Balaban J connectivity index is -0.000000116. The van der Waals surface area contributed by atoms with Gasteiger partial charge in [0.15, 0.2) is 17.4 Å². The van der Waals surface area contributed by atoms with Crippen molar-refractivity contribution < 1.29 is 43.7 Å². The molecule has 0 saturated heterocycles. The summed E-state index contributed by atoms with van der Waals surface area (Å²) in [7, 11) is 1.26. The molecule has 0 heterocycles. The number of rotatable bonds is 6. The van der Waals surface area contributed by atoms with Crippen molar-refractivity contribution in [3.8, 4) is 0 Å². The van der Waals surface area contributed by atoms with Crippen molar-refractivity contribution in [1.29, 1.82) is 0 Å². The average molecular weight is 350 g/mol. The molecule has 0 saturated carbocycles. The lowest BCUT2D eigenvalue weighted by Crippen LogP contribution is -2.05. The second kappa shape index (κ2) is 18.0. The molecule has 23 heavy (non-hydrogen) atoms. The Morgan fingerprint density at radius 2 is 0.957 bits per heavy atom. The van der Waals surface area contributed by atoms with E-state index in [1.54, 1.807) is 0 Å². The molecule has 0 unspecified atom stereocenters. The summed E-state index contributed by atoms with van der Waals surface area (Å²) in [5.41, 5.74) is 0. The summed E-state index contributed by atoms with van der Waals surface area (Å²) in [6.45, 7) is 3.83. The quantitative estimate of drug-likeness (QED) is 0.351. The average Bonchev–Trinajstić information content (AvgIpc) is 2.25. The van der Waals surface area contributed by atoms with Gasteiger partial charge in [-0.3, -0.25) is 28.8 Å². The van der Waals surface area contributed by atoms with Crippen LogP contribution in [0.25, 0.3) is 0 Å². The third kappa shape index (κ3) is 45.0. The number of esters is 1. The monoisotopic (exact) mass is 350 g/mol. The number of carbonyl (C=O) groups excluding carboxylic acids is 4. The van der Waals surface area contributed by atoms with Crippen LogP contribution >= 0.6 is 0 Å². The maximum atomic E-state index is 10.2. The number of hydrogen-bond acceptors (Lipinski definition) is 7. The third-order valence-electron chi connectivity index (χ3n) is 1.42. The lowest BCUT2D eigenvalue weighted by atomic mass is 10.3. The number of carbonyl (C=O) groups is 6. The fourth-order valence-electron chi connectivity index (χ4n) is 0.701. The lowest BCUT2D eigenvalue weighted by Gasteiger charge is -1.90. The molecule has 0 aromatic carbocycles. The summed E-state index contributed by atoms with van der Waals surface area (Å²) in [5, 5.41) is 15.7. The molecule has 0 aliphatic carbocycles. The van der Waals surface area contributed by atoms with Crippen LogP contribution in [0.4, 0.5) is 0 Å². The Hall–Kier alpha value is -2.05. The molecule has 0 spiro atoms. The fraction of sp³-hybridized carbons (Fsp3) is 0.538. The summed E-state index contributed by atoms with van der Waals surface area (Å²) in [4.78, 5) is 59.2. The van der Waals surface area contributed by atoms with Crippen LogP contribution in [0.5, 0.6) is 0 Å². The standard InChI is InChI=1S/C5H8O3.2C4H6O3.Al.3H/c1-4(6)3-5(7)8-2;2*1-3(5)2-4(6)7;;;;/h3H2,1-2H3;2*2H2,1H3,(H,6,7);;;;. The third-order valence-corrected chi connectivity index (χ3v) is 1.42. The van der Waals surface area contributed by atoms with Crippen LogP contribution in [0.15, 0.2) is 0 Å². The van der Waals surface area contributed by atoms with E-state index in [9.17, 15) is 28.8 Å². The molecule has 0 aliphatic heterocycles. The molecule has 0 atom stereocenters. The molecule has 0 aliphatic rings. The van der Waals surface area contributed by atoms with Crippen molar-refractivity contribution in [3.05, 3.63) is 0 Å². The predicted octanol–water partition coefficient (Wildman–Crippen LogP) is -0.945. The number of aliphatic carboxylic acids is 2. The van der Waals surface area contributed by atoms with Gasteiger partial charge in [0.1, 0.15) is 36.6 Å². The Morgan fingerprint density at radius 1 is 0.696 bits per heavy atom. The molecule has 132 valence electrons. The Morgan fingerprint density at radius 3 is 1.00 bits per heavy atom. The Labute approximate surface area is 144 Å². The van der Waals surface area contributed by atoms with E-state index in [1.165, 1.54) is 27.9 Å². The zero-order chi connectivity index (χ0) is 18.3. The van der Waals surface area contributed by atoms with Crippen molar-refractivity contribution in [3.63, 3.8) is 0 Å². The van der Waals surface area contributed by atoms with E-state index in [-0.39, 0.29) is 54.0 Å². The van der Waals surface area contributed by atoms with E-state index in [1.807, 2.05) is 0 Å². The molecule has 0 aromatic heterocycles. The second-order valence-electron chi connectivity index (χ2n) is 4.00. The van der Waals surface area contributed by atoms with Crippen molar-refractivity contribution >= 4 is 52.6 Å². The first-order valence-electron chi connectivity index (χ1n) is 5.91. The Kier molecular flexibility index (Phi) is 22.7. The molecule has 0 radical (unpaired) electrons. The van der Waals surface area contributed by atoms with Gasteiger partial charge in [-0.2, -0.15) is 0 Å². The van der Waals surface area contributed by atoms with Crippen LogP contribution in [0.3, 0.4) is 0 Å². The molecular formula is C13H23AlO9. The molecule has 0 amide bonds. The first-order chi connectivity index (χ1) is 9.92. The van der Waals surface area contributed by atoms with Gasteiger partial charge in [0.05, 0.1) is 7.11 Å². The van der Waals surface area contributed by atoms with E-state index in [2.05, 4.69) is 4.74 Å². The van der Waals surface area contributed by atoms with Gasteiger partial charge in [0.25, 0.3) is 0 Å². The van der Waals surface area contributed by atoms with Crippen LogP contribution in [0.1, 0.15) is 40.0 Å². The van der Waals surface area contributed by atoms with Gasteiger partial charge in [-0.1, -0.05) is 0 Å². The topological polar surface area (TPSA) is 152 Å². The van der Waals surface area contributed by atoms with Gasteiger partial charge in [0.2, 0.25) is 0 Å².